The first kappa shape index (κ1) is 10.4. The van der Waals surface area contributed by atoms with Crippen molar-refractivity contribution in [3.8, 4) is 0 Å². The molecule has 1 saturated heterocycles. The van der Waals surface area contributed by atoms with Crippen molar-refractivity contribution < 1.29 is 24.5 Å². The second-order valence-corrected chi connectivity index (χ2v) is 3.14. The van der Waals surface area contributed by atoms with Gasteiger partial charge in [-0.15, -0.1) is 0 Å². The lowest BCUT2D eigenvalue weighted by molar-refractivity contribution is -0.202. The molecular formula is C8H14O5. The largest absolute Gasteiger partial charge is 0.463 e. The van der Waals surface area contributed by atoms with Crippen LogP contribution in [0.5, 0.6) is 0 Å². The van der Waals surface area contributed by atoms with Gasteiger partial charge >= 0.3 is 5.97 Å². The summed E-state index contributed by atoms with van der Waals surface area (Å²) in [6.45, 7) is 1.39. The third-order valence-corrected chi connectivity index (χ3v) is 1.83. The first-order chi connectivity index (χ1) is 6.08. The molecule has 1 fully saturated rings. The lowest BCUT2D eigenvalue weighted by Crippen LogP contribution is -2.38. The van der Waals surface area contributed by atoms with Gasteiger partial charge in [0.05, 0.1) is 12.2 Å². The molecule has 13 heavy (non-hydrogen) atoms. The first-order valence-corrected chi connectivity index (χ1v) is 4.23. The molecule has 1 rings (SSSR count). The molecule has 1 aliphatic heterocycles. The zero-order valence-corrected chi connectivity index (χ0v) is 7.47. The lowest BCUT2D eigenvalue weighted by Gasteiger charge is -2.29. The highest BCUT2D eigenvalue weighted by atomic mass is 16.6. The van der Waals surface area contributed by atoms with Crippen molar-refractivity contribution in [2.24, 2.45) is 0 Å². The van der Waals surface area contributed by atoms with Crippen molar-refractivity contribution in [1.29, 1.82) is 0 Å². The Morgan fingerprint density at radius 1 is 1.54 bits per heavy atom. The minimum atomic E-state index is -0.954. The second kappa shape index (κ2) is 4.55. The minimum Gasteiger partial charge on any atom is -0.463 e. The van der Waals surface area contributed by atoms with Crippen LogP contribution in [0.1, 0.15) is 19.8 Å². The maximum Gasteiger partial charge on any atom is 0.302 e. The minimum absolute atomic E-state index is 0.0868. The molecule has 1 aliphatic rings. The van der Waals surface area contributed by atoms with Crippen LogP contribution in [-0.4, -0.2) is 41.3 Å². The van der Waals surface area contributed by atoms with Crippen LogP contribution in [0.4, 0.5) is 0 Å². The van der Waals surface area contributed by atoms with Crippen molar-refractivity contribution in [2.45, 2.75) is 38.3 Å². The van der Waals surface area contributed by atoms with Gasteiger partial charge in [-0.3, -0.25) is 4.79 Å². The highest BCUT2D eigenvalue weighted by molar-refractivity contribution is 5.65. The molecule has 0 bridgehead atoms. The average Bonchev–Trinajstić information content (AvgIpc) is 1.99. The number of hydrogen-bond donors (Lipinski definition) is 2. The summed E-state index contributed by atoms with van der Waals surface area (Å²) in [6.07, 6.45) is -1.32. The summed E-state index contributed by atoms with van der Waals surface area (Å²) in [4.78, 5) is 10.4. The van der Waals surface area contributed by atoms with Crippen LogP contribution in [0.3, 0.4) is 0 Å². The van der Waals surface area contributed by atoms with E-state index in [2.05, 4.69) is 0 Å². The zero-order chi connectivity index (χ0) is 9.84. The number of carbonyl (C=O) groups excluding carboxylic acids is 1. The molecule has 2 N–H and O–H groups in total. The highest BCUT2D eigenvalue weighted by Crippen LogP contribution is 2.18. The average molecular weight is 190 g/mol. The summed E-state index contributed by atoms with van der Waals surface area (Å²) in [5.41, 5.74) is 0. The van der Waals surface area contributed by atoms with Crippen LogP contribution in [0.15, 0.2) is 0 Å². The normalized spacial score (nSPS) is 34.2. The van der Waals surface area contributed by atoms with Crippen molar-refractivity contribution in [3.63, 3.8) is 0 Å². The number of ether oxygens (including phenoxy) is 2. The number of hydrogen-bond acceptors (Lipinski definition) is 5. The summed E-state index contributed by atoms with van der Waals surface area (Å²) in [6, 6.07) is 0. The summed E-state index contributed by atoms with van der Waals surface area (Å²) in [5, 5.41) is 18.3. The van der Waals surface area contributed by atoms with Crippen LogP contribution in [0, 0.1) is 0 Å². The van der Waals surface area contributed by atoms with Gasteiger partial charge in [0, 0.05) is 19.8 Å². The number of rotatable bonds is 2. The molecular weight excluding hydrogens is 176 g/mol. The van der Waals surface area contributed by atoms with Crippen LogP contribution in [0.2, 0.25) is 0 Å². The second-order valence-electron chi connectivity index (χ2n) is 3.14. The summed E-state index contributed by atoms with van der Waals surface area (Å²) in [7, 11) is 0. The Bertz CT molecular complexity index is 171. The maximum absolute atomic E-state index is 10.4. The molecule has 0 aromatic carbocycles. The third-order valence-electron chi connectivity index (χ3n) is 1.83. The molecule has 0 aromatic heterocycles. The van der Waals surface area contributed by atoms with Crippen LogP contribution < -0.4 is 0 Å². The van der Waals surface area contributed by atoms with Crippen molar-refractivity contribution in [3.05, 3.63) is 0 Å². The number of aliphatic hydroxyl groups is 2. The molecule has 3 atom stereocenters. The molecule has 5 heteroatoms. The maximum atomic E-state index is 10.4. The lowest BCUT2D eigenvalue weighted by atomic mass is 10.1. The molecule has 0 spiro atoms. The molecule has 76 valence electrons. The molecule has 5 nitrogen and oxygen atoms in total. The molecule has 0 aromatic rings. The standard InChI is InChI=1S/C8H14O5/c1-5(9)12-4-7-2-6(10)3-8(11)13-7/h6-8,10-11H,2-4H2,1H3/t6-,7-,8?/m0/s1. The van der Waals surface area contributed by atoms with Gasteiger partial charge in [0.1, 0.15) is 6.61 Å². The Kier molecular flexibility index (Phi) is 3.65. The van der Waals surface area contributed by atoms with Gasteiger partial charge in [0.2, 0.25) is 0 Å². The third kappa shape index (κ3) is 3.71. The number of aliphatic hydroxyl groups excluding tert-OH is 2. The Hall–Kier alpha value is -0.650. The SMILES string of the molecule is CC(=O)OC[C@@H]1C[C@H](O)CC(O)O1. The van der Waals surface area contributed by atoms with Crippen LogP contribution >= 0.6 is 0 Å². The fourth-order valence-electron chi connectivity index (χ4n) is 1.28. The van der Waals surface area contributed by atoms with E-state index in [-0.39, 0.29) is 13.0 Å². The van der Waals surface area contributed by atoms with Crippen LogP contribution in [-0.2, 0) is 14.3 Å². The zero-order valence-electron chi connectivity index (χ0n) is 7.47. The predicted molar refractivity (Wildman–Crippen MR) is 42.8 cm³/mol. The number of carbonyl (C=O) groups is 1. The van der Waals surface area contributed by atoms with E-state index in [1.165, 1.54) is 6.92 Å². The molecule has 1 unspecified atom stereocenters. The molecule has 0 saturated carbocycles. The first-order valence-electron chi connectivity index (χ1n) is 4.23. The van der Waals surface area contributed by atoms with E-state index in [9.17, 15) is 9.90 Å². The van der Waals surface area contributed by atoms with E-state index in [0.717, 1.165) is 0 Å². The predicted octanol–water partition coefficient (Wildman–Crippen LogP) is -0.592. The van der Waals surface area contributed by atoms with Crippen molar-refractivity contribution in [2.75, 3.05) is 6.61 Å². The van der Waals surface area contributed by atoms with Gasteiger partial charge in [-0.25, -0.2) is 0 Å². The summed E-state index contributed by atoms with van der Waals surface area (Å²) in [5.74, 6) is -0.391. The molecule has 0 aliphatic carbocycles. The quantitative estimate of drug-likeness (QED) is 0.569. The number of esters is 1. The Balaban J connectivity index is 2.28. The topological polar surface area (TPSA) is 76.0 Å². The van der Waals surface area contributed by atoms with Gasteiger partial charge < -0.3 is 19.7 Å². The van der Waals surface area contributed by atoms with E-state index in [0.29, 0.717) is 6.42 Å². The Morgan fingerprint density at radius 2 is 2.23 bits per heavy atom. The Morgan fingerprint density at radius 3 is 2.77 bits per heavy atom. The van der Waals surface area contributed by atoms with Crippen LogP contribution in [0.25, 0.3) is 0 Å². The van der Waals surface area contributed by atoms with Gasteiger partial charge in [-0.05, 0) is 0 Å². The Labute approximate surface area is 76.3 Å². The smallest absolute Gasteiger partial charge is 0.302 e. The fourth-order valence-corrected chi connectivity index (χ4v) is 1.28. The molecule has 0 amide bonds. The molecule has 1 heterocycles. The van der Waals surface area contributed by atoms with Gasteiger partial charge in [-0.2, -0.15) is 0 Å². The van der Waals surface area contributed by atoms with E-state index < -0.39 is 24.5 Å². The van der Waals surface area contributed by atoms with E-state index in [4.69, 9.17) is 14.6 Å². The van der Waals surface area contributed by atoms with E-state index >= 15 is 0 Å². The van der Waals surface area contributed by atoms with E-state index in [1.807, 2.05) is 0 Å². The summed E-state index contributed by atoms with van der Waals surface area (Å²) >= 11 is 0. The van der Waals surface area contributed by atoms with Crippen molar-refractivity contribution in [1.82, 2.24) is 0 Å². The highest BCUT2D eigenvalue weighted by Gasteiger charge is 2.27. The van der Waals surface area contributed by atoms with Gasteiger partial charge in [0.25, 0.3) is 0 Å². The van der Waals surface area contributed by atoms with Gasteiger partial charge in [-0.1, -0.05) is 0 Å². The van der Waals surface area contributed by atoms with E-state index in [1.54, 1.807) is 0 Å². The monoisotopic (exact) mass is 190 g/mol. The summed E-state index contributed by atoms with van der Waals surface area (Å²) < 4.78 is 9.72. The van der Waals surface area contributed by atoms with Gasteiger partial charge in [0.15, 0.2) is 6.29 Å². The van der Waals surface area contributed by atoms with Crippen molar-refractivity contribution >= 4 is 5.97 Å². The molecule has 0 radical (unpaired) electrons. The fraction of sp³-hybridized carbons (Fsp3) is 0.875.